The normalized spacial score (nSPS) is 15.2. The van der Waals surface area contributed by atoms with E-state index in [1.807, 2.05) is 13.0 Å². The average Bonchev–Trinajstić information content (AvgIpc) is 2.23. The van der Waals surface area contributed by atoms with Crippen LogP contribution in [0.15, 0.2) is 12.2 Å². The van der Waals surface area contributed by atoms with Gasteiger partial charge in [-0.25, -0.2) is 0 Å². The van der Waals surface area contributed by atoms with Crippen molar-refractivity contribution < 1.29 is 9.90 Å². The number of carbonyl (C=O) groups is 1. The maximum atomic E-state index is 11.1. The second-order valence-corrected chi connectivity index (χ2v) is 4.74. The lowest BCUT2D eigenvalue weighted by Crippen LogP contribution is -2.24. The number of allylic oxidation sites excluding steroid dienone is 1. The third-order valence-electron chi connectivity index (χ3n) is 3.07. The van der Waals surface area contributed by atoms with Crippen molar-refractivity contribution >= 4 is 5.97 Å². The first-order valence-corrected chi connectivity index (χ1v) is 6.44. The molecule has 0 fully saturated rings. The van der Waals surface area contributed by atoms with Crippen molar-refractivity contribution in [2.45, 2.75) is 65.7 Å². The number of carboxylic acids is 1. The molecular weight excluding hydrogens is 200 g/mol. The Kier molecular flexibility index (Phi) is 7.96. The number of rotatable bonds is 9. The van der Waals surface area contributed by atoms with E-state index in [4.69, 9.17) is 5.11 Å². The molecule has 0 aromatic carbocycles. The molecule has 0 bridgehead atoms. The molecule has 1 atom stereocenters. The summed E-state index contributed by atoms with van der Waals surface area (Å²) in [5, 5.41) is 9.15. The Bertz CT molecular complexity index is 221. The van der Waals surface area contributed by atoms with Gasteiger partial charge in [-0.1, -0.05) is 57.6 Å². The summed E-state index contributed by atoms with van der Waals surface area (Å²) in [6, 6.07) is 0. The summed E-state index contributed by atoms with van der Waals surface area (Å²) in [6.07, 6.45) is 11.6. The lowest BCUT2D eigenvalue weighted by atomic mass is 9.84. The molecule has 0 heterocycles. The van der Waals surface area contributed by atoms with Gasteiger partial charge in [0.2, 0.25) is 0 Å². The van der Waals surface area contributed by atoms with Crippen LogP contribution < -0.4 is 0 Å². The number of hydrogen-bond donors (Lipinski definition) is 1. The third kappa shape index (κ3) is 5.94. The number of carboxylic acid groups (broad SMARTS) is 1. The Hall–Kier alpha value is -0.790. The minimum atomic E-state index is -0.709. The van der Waals surface area contributed by atoms with E-state index in [0.29, 0.717) is 0 Å². The fraction of sp³-hybridized carbons (Fsp3) is 0.786. The molecule has 0 aliphatic carbocycles. The van der Waals surface area contributed by atoms with Crippen LogP contribution in [0, 0.1) is 5.41 Å². The zero-order valence-electron chi connectivity index (χ0n) is 11.0. The summed E-state index contributed by atoms with van der Waals surface area (Å²) in [5.74, 6) is -0.709. The number of aliphatic carboxylic acids is 1. The van der Waals surface area contributed by atoms with Crippen LogP contribution in [-0.4, -0.2) is 11.1 Å². The van der Waals surface area contributed by atoms with Crippen molar-refractivity contribution in [2.75, 3.05) is 0 Å². The van der Waals surface area contributed by atoms with Crippen molar-refractivity contribution in [3.63, 3.8) is 0 Å². The van der Waals surface area contributed by atoms with E-state index in [9.17, 15) is 4.79 Å². The van der Waals surface area contributed by atoms with Gasteiger partial charge in [-0.15, -0.1) is 0 Å². The standard InChI is InChI=1S/C14H26O2/c1-4-6-7-8-9-10-12-14(3,11-5-2)13(15)16/h5,11H,4,6-10,12H2,1-3H3,(H,15,16)/b11-5+/t14-/m1/s1. The van der Waals surface area contributed by atoms with Crippen molar-refractivity contribution in [2.24, 2.45) is 5.41 Å². The van der Waals surface area contributed by atoms with Gasteiger partial charge < -0.3 is 5.11 Å². The van der Waals surface area contributed by atoms with E-state index in [1.54, 1.807) is 13.0 Å². The molecule has 94 valence electrons. The van der Waals surface area contributed by atoms with Gasteiger partial charge in [0.25, 0.3) is 0 Å². The maximum absolute atomic E-state index is 11.1. The molecular formula is C14H26O2. The third-order valence-corrected chi connectivity index (χ3v) is 3.07. The molecule has 0 rings (SSSR count). The van der Waals surface area contributed by atoms with Crippen LogP contribution in [0.4, 0.5) is 0 Å². The zero-order chi connectivity index (χ0) is 12.4. The summed E-state index contributed by atoms with van der Waals surface area (Å²) in [7, 11) is 0. The van der Waals surface area contributed by atoms with E-state index >= 15 is 0 Å². The lowest BCUT2D eigenvalue weighted by Gasteiger charge is -2.20. The highest BCUT2D eigenvalue weighted by Crippen LogP contribution is 2.27. The molecule has 2 nitrogen and oxygen atoms in total. The van der Waals surface area contributed by atoms with E-state index in [2.05, 4.69) is 6.92 Å². The molecule has 0 saturated carbocycles. The largest absolute Gasteiger partial charge is 0.481 e. The first kappa shape index (κ1) is 15.2. The molecule has 0 amide bonds. The van der Waals surface area contributed by atoms with Gasteiger partial charge in [-0.3, -0.25) is 4.79 Å². The molecule has 0 unspecified atom stereocenters. The molecule has 1 N–H and O–H groups in total. The quantitative estimate of drug-likeness (QED) is 0.467. The predicted octanol–water partition coefficient (Wildman–Crippen LogP) is 4.40. The minimum absolute atomic E-state index is 0.667. The first-order chi connectivity index (χ1) is 7.56. The van der Waals surface area contributed by atoms with Crippen LogP contribution in [0.1, 0.15) is 65.7 Å². The Morgan fingerprint density at radius 3 is 2.25 bits per heavy atom. The molecule has 0 aliphatic heterocycles. The first-order valence-electron chi connectivity index (χ1n) is 6.44. The van der Waals surface area contributed by atoms with Gasteiger partial charge in [0.05, 0.1) is 5.41 Å². The number of unbranched alkanes of at least 4 members (excludes halogenated alkanes) is 5. The van der Waals surface area contributed by atoms with E-state index in [-0.39, 0.29) is 0 Å². The van der Waals surface area contributed by atoms with Crippen LogP contribution in [0.3, 0.4) is 0 Å². The van der Waals surface area contributed by atoms with E-state index in [0.717, 1.165) is 19.3 Å². The van der Waals surface area contributed by atoms with Crippen LogP contribution in [-0.2, 0) is 4.79 Å². The second-order valence-electron chi connectivity index (χ2n) is 4.74. The number of hydrogen-bond acceptors (Lipinski definition) is 1. The average molecular weight is 226 g/mol. The lowest BCUT2D eigenvalue weighted by molar-refractivity contribution is -0.145. The SMILES string of the molecule is C/C=C/[C@](C)(CCCCCCCC)C(=O)O. The van der Waals surface area contributed by atoms with Gasteiger partial charge in [0.15, 0.2) is 0 Å². The van der Waals surface area contributed by atoms with Gasteiger partial charge in [0, 0.05) is 0 Å². The summed E-state index contributed by atoms with van der Waals surface area (Å²) in [5.41, 5.74) is -0.667. The molecule has 0 aromatic heterocycles. The van der Waals surface area contributed by atoms with Crippen LogP contribution in [0.25, 0.3) is 0 Å². The van der Waals surface area contributed by atoms with Crippen molar-refractivity contribution in [3.8, 4) is 0 Å². The molecule has 16 heavy (non-hydrogen) atoms. The smallest absolute Gasteiger partial charge is 0.313 e. The van der Waals surface area contributed by atoms with Crippen LogP contribution in [0.5, 0.6) is 0 Å². The highest BCUT2D eigenvalue weighted by Gasteiger charge is 2.28. The topological polar surface area (TPSA) is 37.3 Å². The summed E-state index contributed by atoms with van der Waals surface area (Å²) < 4.78 is 0. The van der Waals surface area contributed by atoms with Gasteiger partial charge in [-0.05, 0) is 20.3 Å². The molecule has 0 aromatic rings. The summed E-state index contributed by atoms with van der Waals surface area (Å²) >= 11 is 0. The van der Waals surface area contributed by atoms with Crippen LogP contribution >= 0.6 is 0 Å². The highest BCUT2D eigenvalue weighted by atomic mass is 16.4. The summed E-state index contributed by atoms with van der Waals surface area (Å²) in [6.45, 7) is 5.89. The Balaban J connectivity index is 3.82. The fourth-order valence-electron chi connectivity index (χ4n) is 1.90. The van der Waals surface area contributed by atoms with Crippen molar-refractivity contribution in [3.05, 3.63) is 12.2 Å². The minimum Gasteiger partial charge on any atom is -0.481 e. The van der Waals surface area contributed by atoms with Crippen molar-refractivity contribution in [1.29, 1.82) is 0 Å². The predicted molar refractivity (Wildman–Crippen MR) is 68.5 cm³/mol. The molecule has 0 aliphatic rings. The van der Waals surface area contributed by atoms with Gasteiger partial charge in [-0.2, -0.15) is 0 Å². The van der Waals surface area contributed by atoms with Crippen LogP contribution in [0.2, 0.25) is 0 Å². The Morgan fingerprint density at radius 1 is 1.19 bits per heavy atom. The Morgan fingerprint density at radius 2 is 1.75 bits per heavy atom. The van der Waals surface area contributed by atoms with E-state index < -0.39 is 11.4 Å². The monoisotopic (exact) mass is 226 g/mol. The zero-order valence-corrected chi connectivity index (χ0v) is 11.0. The Labute approximate surface area is 99.7 Å². The fourth-order valence-corrected chi connectivity index (χ4v) is 1.90. The second kappa shape index (κ2) is 8.37. The molecule has 0 spiro atoms. The maximum Gasteiger partial charge on any atom is 0.313 e. The molecule has 0 radical (unpaired) electrons. The molecule has 0 saturated heterocycles. The van der Waals surface area contributed by atoms with E-state index in [1.165, 1.54) is 25.7 Å². The van der Waals surface area contributed by atoms with Crippen molar-refractivity contribution in [1.82, 2.24) is 0 Å². The molecule has 2 heteroatoms. The highest BCUT2D eigenvalue weighted by molar-refractivity contribution is 5.76. The van der Waals surface area contributed by atoms with Gasteiger partial charge in [0.1, 0.15) is 0 Å². The van der Waals surface area contributed by atoms with Gasteiger partial charge >= 0.3 is 5.97 Å². The summed E-state index contributed by atoms with van der Waals surface area (Å²) in [4.78, 5) is 11.1.